The number of ether oxygens (including phenoxy) is 1. The van der Waals surface area contributed by atoms with Crippen LogP contribution in [0.25, 0.3) is 16.6 Å². The molecule has 0 saturated heterocycles. The zero-order valence-corrected chi connectivity index (χ0v) is 24.3. The van der Waals surface area contributed by atoms with E-state index >= 15 is 0 Å². The van der Waals surface area contributed by atoms with Gasteiger partial charge in [-0.1, -0.05) is 97.1 Å². The van der Waals surface area contributed by atoms with Crippen LogP contribution in [0.15, 0.2) is 109 Å². The van der Waals surface area contributed by atoms with E-state index in [-0.39, 0.29) is 16.8 Å². The second-order valence-electron chi connectivity index (χ2n) is 10.2. The van der Waals surface area contributed by atoms with Crippen LogP contribution in [-0.4, -0.2) is 32.3 Å². The Morgan fingerprint density at radius 3 is 2.00 bits per heavy atom. The molecule has 202 valence electrons. The maximum atomic E-state index is 6.43. The standard InChI is InChI=1S/C34H32ClN3OS/c1-24(40-2)39-29-20-18-25(19-21-29)30-23-38(31-22-36-33(35)37-32(30)31)34(26-12-6-3-7-13-26,27-14-8-4-9-15-27)28-16-10-5-11-17-28/h3-18,22-24,29H,19-21H2,1-2H3. The number of fused-ring (bicyclic) bond motifs is 1. The highest BCUT2D eigenvalue weighted by molar-refractivity contribution is 7.99. The summed E-state index contributed by atoms with van der Waals surface area (Å²) in [4.78, 5) is 9.27. The molecule has 0 bridgehead atoms. The zero-order valence-electron chi connectivity index (χ0n) is 22.7. The van der Waals surface area contributed by atoms with Crippen LogP contribution in [0.1, 0.15) is 48.4 Å². The zero-order chi connectivity index (χ0) is 27.5. The molecule has 3 aromatic carbocycles. The molecule has 0 radical (unpaired) electrons. The predicted molar refractivity (Wildman–Crippen MR) is 167 cm³/mol. The second kappa shape index (κ2) is 11.6. The third kappa shape index (κ3) is 4.87. The van der Waals surface area contributed by atoms with Gasteiger partial charge in [0.15, 0.2) is 0 Å². The van der Waals surface area contributed by atoms with Crippen molar-refractivity contribution in [2.24, 2.45) is 0 Å². The minimum atomic E-state index is -0.661. The molecule has 2 unspecified atom stereocenters. The molecule has 2 aromatic heterocycles. The number of aromatic nitrogens is 3. The van der Waals surface area contributed by atoms with Crippen molar-refractivity contribution in [2.75, 3.05) is 6.26 Å². The van der Waals surface area contributed by atoms with Gasteiger partial charge in [-0.05, 0) is 66.3 Å². The smallest absolute Gasteiger partial charge is 0.223 e. The Morgan fingerprint density at radius 2 is 1.50 bits per heavy atom. The number of thioether (sulfide) groups is 1. The van der Waals surface area contributed by atoms with Gasteiger partial charge in [-0.3, -0.25) is 0 Å². The van der Waals surface area contributed by atoms with E-state index in [0.717, 1.165) is 52.5 Å². The minimum Gasteiger partial charge on any atom is -0.364 e. The first kappa shape index (κ1) is 26.8. The van der Waals surface area contributed by atoms with Crippen LogP contribution >= 0.6 is 23.4 Å². The van der Waals surface area contributed by atoms with Gasteiger partial charge in [0.2, 0.25) is 5.28 Å². The quantitative estimate of drug-likeness (QED) is 0.107. The van der Waals surface area contributed by atoms with Crippen LogP contribution in [-0.2, 0) is 10.3 Å². The molecule has 2 heterocycles. The van der Waals surface area contributed by atoms with Gasteiger partial charge in [-0.2, -0.15) is 0 Å². The van der Waals surface area contributed by atoms with E-state index in [1.54, 1.807) is 11.8 Å². The molecule has 0 amide bonds. The summed E-state index contributed by atoms with van der Waals surface area (Å²) in [5.74, 6) is 0. The van der Waals surface area contributed by atoms with Gasteiger partial charge in [0.25, 0.3) is 0 Å². The van der Waals surface area contributed by atoms with Gasteiger partial charge < -0.3 is 9.30 Å². The largest absolute Gasteiger partial charge is 0.364 e. The van der Waals surface area contributed by atoms with Crippen LogP contribution in [0.2, 0.25) is 5.28 Å². The van der Waals surface area contributed by atoms with E-state index in [4.69, 9.17) is 21.3 Å². The molecule has 6 heteroatoms. The average Bonchev–Trinajstić information content (AvgIpc) is 3.38. The summed E-state index contributed by atoms with van der Waals surface area (Å²) in [6, 6.07) is 32.1. The lowest BCUT2D eigenvalue weighted by Crippen LogP contribution is -2.37. The Hall–Kier alpha value is -3.38. The lowest BCUT2D eigenvalue weighted by Gasteiger charge is -2.38. The van der Waals surface area contributed by atoms with Gasteiger partial charge >= 0.3 is 0 Å². The van der Waals surface area contributed by atoms with Gasteiger partial charge in [-0.15, -0.1) is 11.8 Å². The monoisotopic (exact) mass is 565 g/mol. The number of hydrogen-bond acceptors (Lipinski definition) is 4. The maximum Gasteiger partial charge on any atom is 0.223 e. The van der Waals surface area contributed by atoms with Crippen molar-refractivity contribution in [2.45, 2.75) is 43.3 Å². The van der Waals surface area contributed by atoms with Gasteiger partial charge in [0, 0.05) is 11.8 Å². The summed E-state index contributed by atoms with van der Waals surface area (Å²) in [5, 5.41) is 0.252. The third-order valence-corrected chi connectivity index (χ3v) is 8.83. The topological polar surface area (TPSA) is 39.9 Å². The first-order chi connectivity index (χ1) is 19.6. The predicted octanol–water partition coefficient (Wildman–Crippen LogP) is 8.59. The number of rotatable bonds is 8. The molecule has 2 atom stereocenters. The number of halogens is 1. The van der Waals surface area contributed by atoms with Crippen LogP contribution in [0, 0.1) is 0 Å². The number of allylic oxidation sites excluding steroid dienone is 1. The molecule has 5 aromatic rings. The van der Waals surface area contributed by atoms with Crippen LogP contribution < -0.4 is 0 Å². The highest BCUT2D eigenvalue weighted by atomic mass is 35.5. The fourth-order valence-corrected chi connectivity index (χ4v) is 6.36. The van der Waals surface area contributed by atoms with Crippen LogP contribution in [0.3, 0.4) is 0 Å². The molecule has 0 saturated carbocycles. The highest BCUT2D eigenvalue weighted by Crippen LogP contribution is 2.45. The average molecular weight is 566 g/mol. The van der Waals surface area contributed by atoms with Crippen molar-refractivity contribution in [3.05, 3.63) is 137 Å². The van der Waals surface area contributed by atoms with Crippen LogP contribution in [0.4, 0.5) is 0 Å². The maximum absolute atomic E-state index is 6.43. The summed E-state index contributed by atoms with van der Waals surface area (Å²) >= 11 is 8.17. The molecule has 1 aliphatic rings. The van der Waals surface area contributed by atoms with Crippen molar-refractivity contribution < 1.29 is 4.74 Å². The Morgan fingerprint density at radius 1 is 0.925 bits per heavy atom. The molecule has 4 nitrogen and oxygen atoms in total. The molecule has 1 aliphatic carbocycles. The van der Waals surface area contributed by atoms with Crippen molar-refractivity contribution in [1.82, 2.24) is 14.5 Å². The summed E-state index contributed by atoms with van der Waals surface area (Å²) in [6.45, 7) is 2.12. The van der Waals surface area contributed by atoms with E-state index in [9.17, 15) is 0 Å². The van der Waals surface area contributed by atoms with Gasteiger partial charge in [0.05, 0.1) is 17.8 Å². The Balaban J connectivity index is 1.61. The fourth-order valence-electron chi connectivity index (χ4n) is 5.96. The summed E-state index contributed by atoms with van der Waals surface area (Å²) in [5.41, 5.74) is 7.18. The molecular weight excluding hydrogens is 534 g/mol. The minimum absolute atomic E-state index is 0.191. The number of hydrogen-bond donors (Lipinski definition) is 0. The first-order valence-electron chi connectivity index (χ1n) is 13.7. The second-order valence-corrected chi connectivity index (χ2v) is 11.6. The highest BCUT2D eigenvalue weighted by Gasteiger charge is 2.40. The normalized spacial score (nSPS) is 16.6. The lowest BCUT2D eigenvalue weighted by atomic mass is 9.76. The molecular formula is C34H32ClN3OS. The van der Waals surface area contributed by atoms with E-state index in [0.29, 0.717) is 0 Å². The SMILES string of the molecule is CSC(C)OC1CC=C(c2cn(C(c3ccccc3)(c3ccccc3)c3ccccc3)c3cnc(Cl)nc23)CC1. The van der Waals surface area contributed by atoms with Gasteiger partial charge in [0.1, 0.15) is 16.5 Å². The summed E-state index contributed by atoms with van der Waals surface area (Å²) < 4.78 is 8.59. The van der Waals surface area contributed by atoms with E-state index < -0.39 is 5.54 Å². The molecule has 0 spiro atoms. The van der Waals surface area contributed by atoms with E-state index in [1.165, 1.54) is 5.57 Å². The first-order valence-corrected chi connectivity index (χ1v) is 15.4. The lowest BCUT2D eigenvalue weighted by molar-refractivity contribution is 0.0395. The van der Waals surface area contributed by atoms with Crippen molar-refractivity contribution in [3.63, 3.8) is 0 Å². The molecule has 0 aliphatic heterocycles. The Labute approximate surface area is 245 Å². The van der Waals surface area contributed by atoms with E-state index in [1.807, 2.05) is 6.20 Å². The van der Waals surface area contributed by atoms with Crippen molar-refractivity contribution in [1.29, 1.82) is 0 Å². The number of nitrogens with zero attached hydrogens (tertiary/aromatic N) is 3. The molecule has 0 fully saturated rings. The number of benzene rings is 3. The Bertz CT molecular complexity index is 1520. The van der Waals surface area contributed by atoms with Crippen LogP contribution in [0.5, 0.6) is 0 Å². The Kier molecular flexibility index (Phi) is 7.79. The summed E-state index contributed by atoms with van der Waals surface area (Å²) in [6.07, 6.45) is 11.6. The molecule has 40 heavy (non-hydrogen) atoms. The van der Waals surface area contributed by atoms with Crippen molar-refractivity contribution in [3.8, 4) is 0 Å². The van der Waals surface area contributed by atoms with Gasteiger partial charge in [-0.25, -0.2) is 9.97 Å². The summed E-state index contributed by atoms with van der Waals surface area (Å²) in [7, 11) is 0. The third-order valence-electron chi connectivity index (χ3n) is 7.87. The van der Waals surface area contributed by atoms with Crippen molar-refractivity contribution >= 4 is 40.0 Å². The fraction of sp³-hybridized carbons (Fsp3) is 0.235. The molecule has 0 N–H and O–H groups in total. The molecule has 6 rings (SSSR count). The van der Waals surface area contributed by atoms with E-state index in [2.05, 4.69) is 126 Å².